The van der Waals surface area contributed by atoms with Gasteiger partial charge < -0.3 is 5.32 Å². The SMILES string of the molecule is CCCc1ccc(C(NC)c2ccc(Br)cc2C)cc1. The average molecular weight is 332 g/mol. The van der Waals surface area contributed by atoms with Crippen LogP contribution in [-0.2, 0) is 6.42 Å². The second-order valence-corrected chi connectivity index (χ2v) is 6.13. The minimum absolute atomic E-state index is 0.249. The van der Waals surface area contributed by atoms with Crippen molar-refractivity contribution < 1.29 is 0 Å². The van der Waals surface area contributed by atoms with Crippen molar-refractivity contribution >= 4 is 15.9 Å². The Morgan fingerprint density at radius 2 is 1.80 bits per heavy atom. The lowest BCUT2D eigenvalue weighted by molar-refractivity contribution is 0.687. The van der Waals surface area contributed by atoms with Gasteiger partial charge in [-0.25, -0.2) is 0 Å². The summed E-state index contributed by atoms with van der Waals surface area (Å²) in [7, 11) is 2.02. The maximum Gasteiger partial charge on any atom is 0.0576 e. The van der Waals surface area contributed by atoms with E-state index in [0.717, 1.165) is 10.9 Å². The van der Waals surface area contributed by atoms with Crippen LogP contribution in [-0.4, -0.2) is 7.05 Å². The van der Waals surface area contributed by atoms with Gasteiger partial charge in [-0.3, -0.25) is 0 Å². The van der Waals surface area contributed by atoms with Crippen molar-refractivity contribution in [1.29, 1.82) is 0 Å². The summed E-state index contributed by atoms with van der Waals surface area (Å²) >= 11 is 3.53. The molecule has 0 saturated heterocycles. The highest BCUT2D eigenvalue weighted by Gasteiger charge is 2.14. The van der Waals surface area contributed by atoms with E-state index in [0.29, 0.717) is 0 Å². The van der Waals surface area contributed by atoms with Crippen LogP contribution in [0.15, 0.2) is 46.9 Å². The lowest BCUT2D eigenvalue weighted by Crippen LogP contribution is -2.18. The second-order valence-electron chi connectivity index (χ2n) is 5.21. The summed E-state index contributed by atoms with van der Waals surface area (Å²) < 4.78 is 1.13. The Kier molecular flexibility index (Phi) is 5.38. The molecule has 0 amide bonds. The van der Waals surface area contributed by atoms with Gasteiger partial charge >= 0.3 is 0 Å². The molecule has 0 aliphatic carbocycles. The molecule has 1 unspecified atom stereocenters. The predicted molar refractivity (Wildman–Crippen MR) is 90.2 cm³/mol. The minimum atomic E-state index is 0.249. The molecule has 106 valence electrons. The van der Waals surface area contributed by atoms with Crippen LogP contribution in [0.3, 0.4) is 0 Å². The number of aryl methyl sites for hydroxylation is 2. The Morgan fingerprint density at radius 3 is 2.35 bits per heavy atom. The standard InChI is InChI=1S/C18H22BrN/c1-4-5-14-6-8-15(9-7-14)18(20-3)17-11-10-16(19)12-13(17)2/h6-12,18,20H,4-5H2,1-3H3. The molecule has 0 aliphatic rings. The first-order chi connectivity index (χ1) is 9.65. The summed E-state index contributed by atoms with van der Waals surface area (Å²) in [5, 5.41) is 3.43. The maximum atomic E-state index is 3.53. The molecule has 2 rings (SSSR count). The zero-order valence-electron chi connectivity index (χ0n) is 12.4. The number of benzene rings is 2. The van der Waals surface area contributed by atoms with Crippen LogP contribution in [0.2, 0.25) is 0 Å². The molecule has 0 aliphatic heterocycles. The Labute approximate surface area is 130 Å². The fourth-order valence-corrected chi connectivity index (χ4v) is 3.11. The van der Waals surface area contributed by atoms with Gasteiger partial charge in [0.2, 0.25) is 0 Å². The smallest absolute Gasteiger partial charge is 0.0576 e. The van der Waals surface area contributed by atoms with Crippen LogP contribution in [0.4, 0.5) is 0 Å². The van der Waals surface area contributed by atoms with Gasteiger partial charge in [0.15, 0.2) is 0 Å². The van der Waals surface area contributed by atoms with E-state index in [-0.39, 0.29) is 6.04 Å². The van der Waals surface area contributed by atoms with Crippen LogP contribution >= 0.6 is 15.9 Å². The fraction of sp³-hybridized carbons (Fsp3) is 0.333. The van der Waals surface area contributed by atoms with E-state index >= 15 is 0 Å². The number of nitrogens with one attached hydrogen (secondary N) is 1. The third-order valence-electron chi connectivity index (χ3n) is 3.68. The molecular weight excluding hydrogens is 310 g/mol. The quantitative estimate of drug-likeness (QED) is 0.811. The van der Waals surface area contributed by atoms with Gasteiger partial charge in [-0.1, -0.05) is 59.6 Å². The zero-order chi connectivity index (χ0) is 14.5. The highest BCUT2D eigenvalue weighted by Crippen LogP contribution is 2.27. The Hall–Kier alpha value is -1.12. The van der Waals surface area contributed by atoms with Crippen molar-refractivity contribution in [2.75, 3.05) is 7.05 Å². The third kappa shape index (κ3) is 3.50. The van der Waals surface area contributed by atoms with Crippen LogP contribution in [0.25, 0.3) is 0 Å². The lowest BCUT2D eigenvalue weighted by Gasteiger charge is -2.20. The molecule has 2 heteroatoms. The molecular formula is C18H22BrN. The summed E-state index contributed by atoms with van der Waals surface area (Å²) in [6, 6.07) is 15.7. The van der Waals surface area contributed by atoms with E-state index in [4.69, 9.17) is 0 Å². The first-order valence-electron chi connectivity index (χ1n) is 7.18. The summed E-state index contributed by atoms with van der Waals surface area (Å²) in [4.78, 5) is 0. The van der Waals surface area contributed by atoms with Gasteiger partial charge in [0.25, 0.3) is 0 Å². The van der Waals surface area contributed by atoms with Crippen LogP contribution in [0.1, 0.15) is 41.6 Å². The lowest BCUT2D eigenvalue weighted by atomic mass is 9.94. The summed E-state index contributed by atoms with van der Waals surface area (Å²) in [5.74, 6) is 0. The van der Waals surface area contributed by atoms with Crippen LogP contribution in [0, 0.1) is 6.92 Å². The van der Waals surface area contributed by atoms with Gasteiger partial charge in [-0.2, -0.15) is 0 Å². The van der Waals surface area contributed by atoms with Gasteiger partial charge in [0.05, 0.1) is 6.04 Å². The van der Waals surface area contributed by atoms with Crippen LogP contribution < -0.4 is 5.32 Å². The maximum absolute atomic E-state index is 3.53. The largest absolute Gasteiger partial charge is 0.309 e. The molecule has 0 spiro atoms. The minimum Gasteiger partial charge on any atom is -0.309 e. The van der Waals surface area contributed by atoms with E-state index in [1.165, 1.54) is 28.7 Å². The van der Waals surface area contributed by atoms with E-state index < -0.39 is 0 Å². The van der Waals surface area contributed by atoms with Crippen molar-refractivity contribution in [1.82, 2.24) is 5.32 Å². The molecule has 1 atom stereocenters. The van der Waals surface area contributed by atoms with Gasteiger partial charge in [0, 0.05) is 4.47 Å². The molecule has 2 aromatic rings. The van der Waals surface area contributed by atoms with Crippen LogP contribution in [0.5, 0.6) is 0 Å². The number of rotatable bonds is 5. The van der Waals surface area contributed by atoms with Crippen molar-refractivity contribution in [3.63, 3.8) is 0 Å². The van der Waals surface area contributed by atoms with Crippen molar-refractivity contribution in [2.24, 2.45) is 0 Å². The number of halogens is 1. The average Bonchev–Trinajstić information content (AvgIpc) is 2.44. The molecule has 0 radical (unpaired) electrons. The molecule has 2 aromatic carbocycles. The molecule has 0 aromatic heterocycles. The monoisotopic (exact) mass is 331 g/mol. The highest BCUT2D eigenvalue weighted by molar-refractivity contribution is 9.10. The molecule has 1 nitrogen and oxygen atoms in total. The summed E-state index contributed by atoms with van der Waals surface area (Å²) in [5.41, 5.74) is 5.37. The van der Waals surface area contributed by atoms with Gasteiger partial charge in [-0.05, 0) is 54.8 Å². The van der Waals surface area contributed by atoms with E-state index in [2.05, 4.69) is 77.6 Å². The number of hydrogen-bond acceptors (Lipinski definition) is 1. The van der Waals surface area contributed by atoms with Crippen molar-refractivity contribution in [3.05, 3.63) is 69.2 Å². The first kappa shape index (κ1) is 15.3. The van der Waals surface area contributed by atoms with E-state index in [1.54, 1.807) is 0 Å². The summed E-state index contributed by atoms with van der Waals surface area (Å²) in [6.45, 7) is 4.38. The van der Waals surface area contributed by atoms with Gasteiger partial charge in [0.1, 0.15) is 0 Å². The molecule has 1 N–H and O–H groups in total. The van der Waals surface area contributed by atoms with Crippen molar-refractivity contribution in [2.45, 2.75) is 32.7 Å². The Balaban J connectivity index is 2.31. The molecule has 0 heterocycles. The summed E-state index contributed by atoms with van der Waals surface area (Å²) in [6.07, 6.45) is 2.35. The fourth-order valence-electron chi connectivity index (χ4n) is 2.63. The Bertz CT molecular complexity index is 560. The second kappa shape index (κ2) is 7.05. The normalized spacial score (nSPS) is 12.4. The zero-order valence-corrected chi connectivity index (χ0v) is 14.0. The highest BCUT2D eigenvalue weighted by atomic mass is 79.9. The molecule has 0 saturated carbocycles. The molecule has 0 bridgehead atoms. The van der Waals surface area contributed by atoms with E-state index in [9.17, 15) is 0 Å². The molecule has 20 heavy (non-hydrogen) atoms. The topological polar surface area (TPSA) is 12.0 Å². The Morgan fingerprint density at radius 1 is 1.10 bits per heavy atom. The van der Waals surface area contributed by atoms with E-state index in [1.807, 2.05) is 7.05 Å². The predicted octanol–water partition coefficient (Wildman–Crippen LogP) is 5.02. The molecule has 0 fully saturated rings. The first-order valence-corrected chi connectivity index (χ1v) is 7.97. The van der Waals surface area contributed by atoms with Crippen molar-refractivity contribution in [3.8, 4) is 0 Å². The third-order valence-corrected chi connectivity index (χ3v) is 4.18. The van der Waals surface area contributed by atoms with Gasteiger partial charge in [-0.15, -0.1) is 0 Å². The number of hydrogen-bond donors (Lipinski definition) is 1.